The molecule has 0 spiro atoms. The highest BCUT2D eigenvalue weighted by atomic mass is 19.4. The van der Waals surface area contributed by atoms with E-state index in [1.807, 2.05) is 20.9 Å². The first kappa shape index (κ1) is 34.1. The average Bonchev–Trinajstić information content (AvgIpc) is 2.99. The Morgan fingerprint density at radius 1 is 0.915 bits per heavy atom. The third kappa shape index (κ3) is 7.37. The minimum Gasteiger partial charge on any atom is -0.367 e. The maximum atomic E-state index is 15.8. The van der Waals surface area contributed by atoms with Crippen LogP contribution < -0.4 is 15.5 Å². The Morgan fingerprint density at radius 2 is 1.53 bits per heavy atom. The van der Waals surface area contributed by atoms with E-state index in [1.54, 1.807) is 4.90 Å². The highest BCUT2D eigenvalue weighted by Gasteiger charge is 2.43. The SMILES string of the molecule is C[C@@H]1CN(c2cc(F)c(-c3cc(F)c(C(=O)NC4CCCCC4)c(F)c3)cc2NC(=O)C2C=NC(=O)C=C2C(F)(F)F)C[C@H](C)N1C. The van der Waals surface area contributed by atoms with E-state index in [4.69, 9.17) is 0 Å². The number of likely N-dealkylation sites (N-methyl/N-ethyl adjacent to an activating group) is 1. The number of piperazine rings is 1. The van der Waals surface area contributed by atoms with Crippen molar-refractivity contribution in [2.24, 2.45) is 10.9 Å². The largest absolute Gasteiger partial charge is 0.414 e. The fourth-order valence-electron chi connectivity index (χ4n) is 6.36. The van der Waals surface area contributed by atoms with Crippen LogP contribution >= 0.6 is 0 Å². The van der Waals surface area contributed by atoms with E-state index in [1.165, 1.54) is 0 Å². The zero-order chi connectivity index (χ0) is 34.2. The van der Waals surface area contributed by atoms with E-state index in [0.29, 0.717) is 32.1 Å². The van der Waals surface area contributed by atoms with Crippen LogP contribution in [-0.4, -0.2) is 73.3 Å². The number of carbonyl (C=O) groups is 3. The number of halogens is 6. The predicted molar refractivity (Wildman–Crippen MR) is 165 cm³/mol. The first-order valence-corrected chi connectivity index (χ1v) is 15.4. The van der Waals surface area contributed by atoms with Gasteiger partial charge >= 0.3 is 6.18 Å². The van der Waals surface area contributed by atoms with E-state index >= 15 is 13.2 Å². The number of hydrogen-bond donors (Lipinski definition) is 2. The lowest BCUT2D eigenvalue weighted by Crippen LogP contribution is -2.55. The summed E-state index contributed by atoms with van der Waals surface area (Å²) in [5.74, 6) is -8.68. The zero-order valence-corrected chi connectivity index (χ0v) is 26.1. The van der Waals surface area contributed by atoms with E-state index in [9.17, 15) is 27.6 Å². The van der Waals surface area contributed by atoms with Gasteiger partial charge in [0.05, 0.1) is 16.9 Å². The summed E-state index contributed by atoms with van der Waals surface area (Å²) in [6, 6.07) is 3.46. The molecule has 2 aromatic carbocycles. The van der Waals surface area contributed by atoms with Gasteiger partial charge in [0, 0.05) is 49.1 Å². The summed E-state index contributed by atoms with van der Waals surface area (Å²) in [6.45, 7) is 4.59. The molecule has 1 aliphatic carbocycles. The quantitative estimate of drug-likeness (QED) is 0.369. The zero-order valence-electron chi connectivity index (χ0n) is 26.1. The van der Waals surface area contributed by atoms with Crippen molar-refractivity contribution in [1.82, 2.24) is 10.2 Å². The van der Waals surface area contributed by atoms with Gasteiger partial charge in [0.1, 0.15) is 28.9 Å². The molecule has 3 atom stereocenters. The molecule has 0 radical (unpaired) electrons. The van der Waals surface area contributed by atoms with E-state index < -0.39 is 58.4 Å². The molecule has 3 amide bonds. The van der Waals surface area contributed by atoms with Crippen molar-refractivity contribution in [3.8, 4) is 11.1 Å². The fourth-order valence-corrected chi connectivity index (χ4v) is 6.36. The summed E-state index contributed by atoms with van der Waals surface area (Å²) in [7, 11) is 1.91. The minimum atomic E-state index is -5.02. The summed E-state index contributed by atoms with van der Waals surface area (Å²) in [5, 5.41) is 5.08. The molecule has 0 bridgehead atoms. The fraction of sp³-hybridized carbons (Fsp3) is 0.455. The van der Waals surface area contributed by atoms with Crippen LogP contribution in [0.15, 0.2) is 40.9 Å². The van der Waals surface area contributed by atoms with Crippen LogP contribution in [0.25, 0.3) is 11.1 Å². The molecular weight excluding hydrogens is 628 g/mol. The summed E-state index contributed by atoms with van der Waals surface area (Å²) >= 11 is 0. The summed E-state index contributed by atoms with van der Waals surface area (Å²) < 4.78 is 87.7. The van der Waals surface area contributed by atoms with Crippen molar-refractivity contribution in [1.29, 1.82) is 0 Å². The molecule has 47 heavy (non-hydrogen) atoms. The van der Waals surface area contributed by atoms with Crippen LogP contribution in [0.5, 0.6) is 0 Å². The number of aliphatic imine (C=N–C) groups is 1. The predicted octanol–water partition coefficient (Wildman–Crippen LogP) is 6.02. The molecule has 5 rings (SSSR count). The minimum absolute atomic E-state index is 0.0308. The Kier molecular flexibility index (Phi) is 9.81. The highest BCUT2D eigenvalue weighted by molar-refractivity contribution is 6.11. The van der Waals surface area contributed by atoms with E-state index in [2.05, 4.69) is 20.5 Å². The van der Waals surface area contributed by atoms with E-state index in [-0.39, 0.29) is 46.7 Å². The molecule has 2 aromatic rings. The molecule has 8 nitrogen and oxygen atoms in total. The van der Waals surface area contributed by atoms with Gasteiger partial charge in [0.2, 0.25) is 5.91 Å². The lowest BCUT2D eigenvalue weighted by Gasteiger charge is -2.44. The van der Waals surface area contributed by atoms with Crippen LogP contribution in [0, 0.1) is 23.4 Å². The van der Waals surface area contributed by atoms with Gasteiger partial charge in [-0.1, -0.05) is 19.3 Å². The topological polar surface area (TPSA) is 94.1 Å². The van der Waals surface area contributed by atoms with Crippen molar-refractivity contribution < 1.29 is 40.7 Å². The summed E-state index contributed by atoms with van der Waals surface area (Å²) in [4.78, 5) is 44.9. The number of alkyl halides is 3. The average molecular weight is 664 g/mol. The van der Waals surface area contributed by atoms with Gasteiger partial charge in [-0.05, 0) is 63.6 Å². The highest BCUT2D eigenvalue weighted by Crippen LogP contribution is 2.39. The van der Waals surface area contributed by atoms with Gasteiger partial charge in [0.15, 0.2) is 0 Å². The molecule has 2 aliphatic heterocycles. The molecule has 3 aliphatic rings. The number of hydrogen-bond acceptors (Lipinski definition) is 5. The van der Waals surface area contributed by atoms with Gasteiger partial charge in [-0.25, -0.2) is 18.2 Å². The second-order valence-electron chi connectivity index (χ2n) is 12.4. The molecule has 1 unspecified atom stereocenters. The van der Waals surface area contributed by atoms with Gasteiger partial charge in [-0.3, -0.25) is 19.3 Å². The number of benzene rings is 2. The molecule has 2 fully saturated rings. The summed E-state index contributed by atoms with van der Waals surface area (Å²) in [5.41, 5.74) is -2.89. The Balaban J connectivity index is 1.53. The number of nitrogens with zero attached hydrogens (tertiary/aromatic N) is 3. The smallest absolute Gasteiger partial charge is 0.367 e. The number of rotatable bonds is 6. The second kappa shape index (κ2) is 13.5. The van der Waals surface area contributed by atoms with Gasteiger partial charge in [-0.2, -0.15) is 13.2 Å². The van der Waals surface area contributed by atoms with Crippen LogP contribution in [-0.2, 0) is 9.59 Å². The number of dihydropyridines is 1. The number of anilines is 2. The standard InChI is InChI=1S/C33H35F6N5O3/c1-17-15-44(16-18(2)43(17)3)28-13-24(34)21(11-27(28)42-31(46)22-14-40-29(45)12-23(22)33(37,38)39)19-9-25(35)30(26(36)10-19)32(47)41-20-7-5-4-6-8-20/h9-14,17-18,20,22H,4-8,15-16H2,1-3H3,(H,41,47)(H,42,46)/t17-,18+,22?. The van der Waals surface area contributed by atoms with Crippen molar-refractivity contribution in [3.05, 3.63) is 58.9 Å². The number of nitrogens with one attached hydrogen (secondary N) is 2. The lowest BCUT2D eigenvalue weighted by atomic mass is 9.94. The van der Waals surface area contributed by atoms with Crippen molar-refractivity contribution in [2.75, 3.05) is 30.4 Å². The monoisotopic (exact) mass is 663 g/mol. The first-order valence-electron chi connectivity index (χ1n) is 15.4. The van der Waals surface area contributed by atoms with Crippen LogP contribution in [0.1, 0.15) is 56.3 Å². The normalized spacial score (nSPS) is 22.7. The van der Waals surface area contributed by atoms with Crippen LogP contribution in [0.2, 0.25) is 0 Å². The van der Waals surface area contributed by atoms with Crippen molar-refractivity contribution >= 4 is 35.3 Å². The molecular formula is C33H35F6N5O3. The Hall–Kier alpha value is -4.20. The Bertz CT molecular complexity index is 1600. The van der Waals surface area contributed by atoms with Crippen LogP contribution in [0.3, 0.4) is 0 Å². The maximum Gasteiger partial charge on any atom is 0.414 e. The van der Waals surface area contributed by atoms with Crippen LogP contribution in [0.4, 0.5) is 37.7 Å². The number of amides is 3. The molecule has 0 aromatic heterocycles. The number of carbonyl (C=O) groups excluding carboxylic acids is 3. The van der Waals surface area contributed by atoms with Crippen molar-refractivity contribution in [3.63, 3.8) is 0 Å². The summed E-state index contributed by atoms with van der Waals surface area (Å²) in [6.07, 6.45) is -0.0424. The molecule has 1 saturated heterocycles. The third-order valence-electron chi connectivity index (χ3n) is 9.14. The molecule has 14 heteroatoms. The molecule has 2 N–H and O–H groups in total. The maximum absolute atomic E-state index is 15.8. The first-order chi connectivity index (χ1) is 22.1. The molecule has 1 saturated carbocycles. The Morgan fingerprint density at radius 3 is 2.13 bits per heavy atom. The van der Waals surface area contributed by atoms with Gasteiger partial charge in [0.25, 0.3) is 11.8 Å². The van der Waals surface area contributed by atoms with Gasteiger partial charge < -0.3 is 15.5 Å². The third-order valence-corrected chi connectivity index (χ3v) is 9.14. The second-order valence-corrected chi connectivity index (χ2v) is 12.4. The van der Waals surface area contributed by atoms with Crippen molar-refractivity contribution in [2.45, 2.75) is 70.3 Å². The molecule has 252 valence electrons. The lowest BCUT2D eigenvalue weighted by molar-refractivity contribution is -0.124. The van der Waals surface area contributed by atoms with E-state index in [0.717, 1.165) is 43.5 Å². The Labute approximate surface area is 267 Å². The van der Waals surface area contributed by atoms with Gasteiger partial charge in [-0.15, -0.1) is 0 Å². The molecule has 2 heterocycles.